The highest BCUT2D eigenvalue weighted by Crippen LogP contribution is 2.28. The summed E-state index contributed by atoms with van der Waals surface area (Å²) in [6, 6.07) is 10.7. The molecule has 27 heavy (non-hydrogen) atoms. The third-order valence-corrected chi connectivity index (χ3v) is 3.89. The Kier molecular flexibility index (Phi) is 8.36. The van der Waals surface area contributed by atoms with E-state index in [0.29, 0.717) is 18.1 Å². The first-order chi connectivity index (χ1) is 13.1. The number of methoxy groups -OCH3 is 1. The number of ether oxygens (including phenoxy) is 3. The highest BCUT2D eigenvalue weighted by molar-refractivity contribution is 5.88. The number of benzene rings is 2. The van der Waals surface area contributed by atoms with Crippen LogP contribution in [0.15, 0.2) is 48.5 Å². The maximum atomic E-state index is 12.9. The molecule has 144 valence electrons. The number of hydrogen-bond acceptors (Lipinski definition) is 4. The molecule has 2 aromatic carbocycles. The number of rotatable bonds is 10. The molecule has 0 fully saturated rings. The number of halogens is 1. The summed E-state index contributed by atoms with van der Waals surface area (Å²) in [5, 5.41) is 0. The number of carbonyl (C=O) groups excluding carboxylic acids is 1. The lowest BCUT2D eigenvalue weighted by Gasteiger charge is -2.11. The van der Waals surface area contributed by atoms with Gasteiger partial charge in [-0.2, -0.15) is 0 Å². The summed E-state index contributed by atoms with van der Waals surface area (Å²) in [6.07, 6.45) is 7.48. The molecule has 0 atom stereocenters. The smallest absolute Gasteiger partial charge is 0.336 e. The van der Waals surface area contributed by atoms with E-state index in [1.807, 2.05) is 12.1 Å². The Balaban J connectivity index is 1.92. The fourth-order valence-electron chi connectivity index (χ4n) is 2.44. The van der Waals surface area contributed by atoms with Gasteiger partial charge in [0, 0.05) is 6.08 Å². The molecule has 2 rings (SSSR count). The van der Waals surface area contributed by atoms with E-state index in [9.17, 15) is 9.18 Å². The van der Waals surface area contributed by atoms with Gasteiger partial charge in [0.05, 0.1) is 13.7 Å². The van der Waals surface area contributed by atoms with Crippen LogP contribution in [-0.2, 0) is 4.79 Å². The quantitative estimate of drug-likeness (QED) is 0.242. The lowest BCUT2D eigenvalue weighted by Crippen LogP contribution is -2.03. The summed E-state index contributed by atoms with van der Waals surface area (Å²) in [5.41, 5.74) is 0.779. The van der Waals surface area contributed by atoms with Crippen LogP contribution in [0, 0.1) is 5.82 Å². The molecule has 0 saturated carbocycles. The van der Waals surface area contributed by atoms with E-state index >= 15 is 0 Å². The minimum Gasteiger partial charge on any atom is -0.493 e. The number of hydrogen-bond donors (Lipinski definition) is 0. The van der Waals surface area contributed by atoms with Gasteiger partial charge in [0.2, 0.25) is 0 Å². The van der Waals surface area contributed by atoms with Gasteiger partial charge in [-0.05, 0) is 54.5 Å². The molecule has 4 nitrogen and oxygen atoms in total. The second-order valence-electron chi connectivity index (χ2n) is 6.03. The average Bonchev–Trinajstić information content (AvgIpc) is 2.68. The molecule has 0 aliphatic carbocycles. The summed E-state index contributed by atoms with van der Waals surface area (Å²) in [7, 11) is 1.58. The van der Waals surface area contributed by atoms with Gasteiger partial charge in [0.15, 0.2) is 11.5 Å². The molecular weight excluding hydrogens is 347 g/mol. The standard InChI is InChI=1S/C22H25FO4/c1-3-4-5-6-15-26-20-13-7-17(16-21(20)25-2)8-14-22(24)27-19-11-9-18(23)10-12-19/h7-14,16H,3-6,15H2,1-2H3/b14-8+. The molecule has 0 saturated heterocycles. The molecule has 5 heteroatoms. The molecule has 2 aromatic rings. The molecule has 0 heterocycles. The van der Waals surface area contributed by atoms with Gasteiger partial charge >= 0.3 is 5.97 Å². The van der Waals surface area contributed by atoms with Gasteiger partial charge < -0.3 is 14.2 Å². The zero-order valence-electron chi connectivity index (χ0n) is 15.7. The van der Waals surface area contributed by atoms with Crippen molar-refractivity contribution < 1.29 is 23.4 Å². The van der Waals surface area contributed by atoms with Gasteiger partial charge in [-0.1, -0.05) is 32.3 Å². The summed E-state index contributed by atoms with van der Waals surface area (Å²) in [5.74, 6) is 0.650. The molecule has 0 aliphatic rings. The Bertz CT molecular complexity index is 753. The molecule has 0 unspecified atom stereocenters. The molecule has 0 aliphatic heterocycles. The molecule has 0 aromatic heterocycles. The van der Waals surface area contributed by atoms with Crippen LogP contribution in [0.4, 0.5) is 4.39 Å². The Morgan fingerprint density at radius 3 is 2.52 bits per heavy atom. The van der Waals surface area contributed by atoms with Gasteiger partial charge in [-0.15, -0.1) is 0 Å². The second kappa shape index (κ2) is 11.0. The van der Waals surface area contributed by atoms with Gasteiger partial charge in [-0.3, -0.25) is 0 Å². The van der Waals surface area contributed by atoms with Crippen molar-refractivity contribution in [2.45, 2.75) is 32.6 Å². The van der Waals surface area contributed by atoms with Crippen molar-refractivity contribution in [2.75, 3.05) is 13.7 Å². The van der Waals surface area contributed by atoms with E-state index in [0.717, 1.165) is 18.4 Å². The third kappa shape index (κ3) is 7.13. The van der Waals surface area contributed by atoms with Crippen molar-refractivity contribution in [2.24, 2.45) is 0 Å². The van der Waals surface area contributed by atoms with E-state index in [4.69, 9.17) is 14.2 Å². The molecular formula is C22H25FO4. The highest BCUT2D eigenvalue weighted by atomic mass is 19.1. The van der Waals surface area contributed by atoms with Crippen molar-refractivity contribution in [3.63, 3.8) is 0 Å². The van der Waals surface area contributed by atoms with Gasteiger partial charge in [0.25, 0.3) is 0 Å². The number of unbranched alkanes of at least 4 members (excludes halogenated alkanes) is 3. The van der Waals surface area contributed by atoms with E-state index in [2.05, 4.69) is 6.92 Å². The summed E-state index contributed by atoms with van der Waals surface area (Å²) < 4.78 is 29.1. The zero-order valence-corrected chi connectivity index (χ0v) is 15.7. The monoisotopic (exact) mass is 372 g/mol. The van der Waals surface area contributed by atoms with Crippen LogP contribution in [0.25, 0.3) is 6.08 Å². The fourth-order valence-corrected chi connectivity index (χ4v) is 2.44. The van der Waals surface area contributed by atoms with Crippen molar-refractivity contribution >= 4 is 12.0 Å². The van der Waals surface area contributed by atoms with Crippen molar-refractivity contribution in [3.05, 3.63) is 59.9 Å². The molecule has 0 radical (unpaired) electrons. The lowest BCUT2D eigenvalue weighted by molar-refractivity contribution is -0.128. The normalized spacial score (nSPS) is 10.8. The van der Waals surface area contributed by atoms with E-state index in [-0.39, 0.29) is 11.6 Å². The summed E-state index contributed by atoms with van der Waals surface area (Å²) in [6.45, 7) is 2.82. The topological polar surface area (TPSA) is 44.8 Å². The first-order valence-corrected chi connectivity index (χ1v) is 9.08. The maximum Gasteiger partial charge on any atom is 0.336 e. The van der Waals surface area contributed by atoms with Crippen LogP contribution in [0.2, 0.25) is 0 Å². The number of carbonyl (C=O) groups is 1. The third-order valence-electron chi connectivity index (χ3n) is 3.89. The van der Waals surface area contributed by atoms with Crippen LogP contribution < -0.4 is 14.2 Å². The zero-order chi connectivity index (χ0) is 19.5. The fraction of sp³-hybridized carbons (Fsp3) is 0.318. The van der Waals surface area contributed by atoms with Crippen molar-refractivity contribution in [3.8, 4) is 17.2 Å². The van der Waals surface area contributed by atoms with Gasteiger partial charge in [0.1, 0.15) is 11.6 Å². The molecule has 0 bridgehead atoms. The first kappa shape index (κ1) is 20.5. The highest BCUT2D eigenvalue weighted by Gasteiger charge is 2.06. The predicted octanol–water partition coefficient (Wildman–Crippen LogP) is 5.41. The molecule has 0 N–H and O–H groups in total. The Morgan fingerprint density at radius 2 is 1.81 bits per heavy atom. The Morgan fingerprint density at radius 1 is 1.04 bits per heavy atom. The van der Waals surface area contributed by atoms with Crippen LogP contribution in [0.5, 0.6) is 17.2 Å². The van der Waals surface area contributed by atoms with Crippen LogP contribution in [-0.4, -0.2) is 19.7 Å². The van der Waals surface area contributed by atoms with E-state index in [1.54, 1.807) is 19.3 Å². The Labute approximate surface area is 159 Å². The second-order valence-corrected chi connectivity index (χ2v) is 6.03. The van der Waals surface area contributed by atoms with Crippen LogP contribution in [0.3, 0.4) is 0 Å². The van der Waals surface area contributed by atoms with Gasteiger partial charge in [-0.25, -0.2) is 9.18 Å². The Hall–Kier alpha value is -2.82. The predicted molar refractivity (Wildman–Crippen MR) is 104 cm³/mol. The minimum atomic E-state index is -0.545. The van der Waals surface area contributed by atoms with E-state index in [1.165, 1.54) is 43.2 Å². The number of esters is 1. The maximum absolute atomic E-state index is 12.9. The van der Waals surface area contributed by atoms with Crippen LogP contribution in [0.1, 0.15) is 38.2 Å². The largest absolute Gasteiger partial charge is 0.493 e. The average molecular weight is 372 g/mol. The minimum absolute atomic E-state index is 0.287. The van der Waals surface area contributed by atoms with Crippen LogP contribution >= 0.6 is 0 Å². The van der Waals surface area contributed by atoms with Crippen molar-refractivity contribution in [1.29, 1.82) is 0 Å². The molecule has 0 spiro atoms. The first-order valence-electron chi connectivity index (χ1n) is 9.08. The summed E-state index contributed by atoms with van der Waals surface area (Å²) >= 11 is 0. The van der Waals surface area contributed by atoms with Crippen molar-refractivity contribution in [1.82, 2.24) is 0 Å². The summed E-state index contributed by atoms with van der Waals surface area (Å²) in [4.78, 5) is 11.9. The van der Waals surface area contributed by atoms with E-state index < -0.39 is 5.97 Å². The lowest BCUT2D eigenvalue weighted by atomic mass is 10.2. The molecule has 0 amide bonds. The SMILES string of the molecule is CCCCCCOc1ccc(/C=C/C(=O)Oc2ccc(F)cc2)cc1OC.